The quantitative estimate of drug-likeness (QED) is 0.826. The predicted molar refractivity (Wildman–Crippen MR) is 101 cm³/mol. The number of nitrogens with zero attached hydrogens (tertiary/aromatic N) is 6. The molecular weight excluding hydrogens is 366 g/mol. The van der Waals surface area contributed by atoms with Gasteiger partial charge in [-0.3, -0.25) is 14.5 Å². The van der Waals surface area contributed by atoms with Gasteiger partial charge in [-0.2, -0.15) is 0 Å². The molecule has 0 spiro atoms. The van der Waals surface area contributed by atoms with Crippen LogP contribution >= 0.6 is 11.3 Å². The average Bonchev–Trinajstić information content (AvgIpc) is 3.28. The van der Waals surface area contributed by atoms with Gasteiger partial charge >= 0.3 is 0 Å². The van der Waals surface area contributed by atoms with Crippen molar-refractivity contribution in [2.24, 2.45) is 5.92 Å². The van der Waals surface area contributed by atoms with Crippen molar-refractivity contribution in [3.05, 3.63) is 23.5 Å². The number of carbonyl (C=O) groups is 2. The third-order valence-corrected chi connectivity index (χ3v) is 5.78. The number of aromatic nitrogens is 4. The molecule has 10 heteroatoms. The molecule has 2 aromatic rings. The third-order valence-electron chi connectivity index (χ3n) is 4.92. The van der Waals surface area contributed by atoms with E-state index in [-0.39, 0.29) is 30.2 Å². The molecule has 4 heterocycles. The summed E-state index contributed by atoms with van der Waals surface area (Å²) in [5.41, 5.74) is 0. The molecule has 27 heavy (non-hydrogen) atoms. The Hall–Kier alpha value is -2.62. The minimum atomic E-state index is -0.336. The largest absolute Gasteiger partial charge is 0.353 e. The van der Waals surface area contributed by atoms with Gasteiger partial charge < -0.3 is 10.2 Å². The molecule has 1 atom stereocenters. The maximum Gasteiger partial charge on any atom is 0.229 e. The van der Waals surface area contributed by atoms with Crippen molar-refractivity contribution in [1.29, 1.82) is 0 Å². The maximum absolute atomic E-state index is 12.6. The summed E-state index contributed by atoms with van der Waals surface area (Å²) in [6, 6.07) is 1.91. The number of hydrogen-bond donors (Lipinski definition) is 1. The lowest BCUT2D eigenvalue weighted by atomic mass is 10.0. The highest BCUT2D eigenvalue weighted by Gasteiger charge is 2.37. The van der Waals surface area contributed by atoms with E-state index in [4.69, 9.17) is 0 Å². The normalized spacial score (nSPS) is 20.9. The lowest BCUT2D eigenvalue weighted by Gasteiger charge is -2.32. The number of nitrogens with one attached hydrogen (secondary N) is 1. The number of carbonyl (C=O) groups excluding carboxylic acids is 2. The van der Waals surface area contributed by atoms with Gasteiger partial charge in [0, 0.05) is 44.5 Å². The first-order valence-corrected chi connectivity index (χ1v) is 9.84. The van der Waals surface area contributed by atoms with Gasteiger partial charge in [0.15, 0.2) is 0 Å². The maximum atomic E-state index is 12.6. The smallest absolute Gasteiger partial charge is 0.229 e. The fourth-order valence-corrected chi connectivity index (χ4v) is 4.17. The van der Waals surface area contributed by atoms with E-state index in [1.54, 1.807) is 23.4 Å². The summed E-state index contributed by atoms with van der Waals surface area (Å²) in [5.74, 6) is 0.271. The zero-order valence-corrected chi connectivity index (χ0v) is 15.9. The molecule has 0 radical (unpaired) electrons. The predicted octanol–water partition coefficient (Wildman–Crippen LogP) is 0.775. The molecule has 2 fully saturated rings. The van der Waals surface area contributed by atoms with E-state index in [2.05, 4.69) is 30.4 Å². The van der Waals surface area contributed by atoms with Gasteiger partial charge in [-0.15, -0.1) is 10.2 Å². The van der Waals surface area contributed by atoms with Crippen LogP contribution in [0.3, 0.4) is 0 Å². The van der Waals surface area contributed by atoms with Crippen molar-refractivity contribution in [1.82, 2.24) is 25.5 Å². The van der Waals surface area contributed by atoms with Crippen LogP contribution in [0.25, 0.3) is 0 Å². The van der Waals surface area contributed by atoms with Crippen LogP contribution < -0.4 is 15.1 Å². The second kappa shape index (κ2) is 7.55. The number of rotatable bonds is 4. The van der Waals surface area contributed by atoms with Gasteiger partial charge in [-0.25, -0.2) is 9.97 Å². The van der Waals surface area contributed by atoms with Crippen LogP contribution in [0.2, 0.25) is 0 Å². The number of aryl methyl sites for hydroxylation is 1. The first-order chi connectivity index (χ1) is 13.1. The monoisotopic (exact) mass is 387 g/mol. The average molecular weight is 387 g/mol. The van der Waals surface area contributed by atoms with Crippen LogP contribution in [0.5, 0.6) is 0 Å². The molecule has 2 aliphatic rings. The van der Waals surface area contributed by atoms with Crippen LogP contribution in [-0.2, 0) is 9.59 Å². The van der Waals surface area contributed by atoms with Crippen LogP contribution in [0.1, 0.15) is 24.3 Å². The second-order valence-corrected chi connectivity index (χ2v) is 7.99. The van der Waals surface area contributed by atoms with Crippen LogP contribution in [0.15, 0.2) is 18.5 Å². The summed E-state index contributed by atoms with van der Waals surface area (Å²) in [6.45, 7) is 3.82. The molecule has 4 rings (SSSR count). The van der Waals surface area contributed by atoms with Crippen molar-refractivity contribution in [2.75, 3.05) is 29.4 Å². The van der Waals surface area contributed by atoms with Gasteiger partial charge in [0.2, 0.25) is 22.9 Å². The Morgan fingerprint density at radius 2 is 1.96 bits per heavy atom. The molecule has 2 aliphatic heterocycles. The molecule has 2 amide bonds. The molecule has 2 saturated heterocycles. The van der Waals surface area contributed by atoms with Crippen LogP contribution in [-0.4, -0.2) is 57.7 Å². The fraction of sp³-hybridized carbons (Fsp3) is 0.529. The van der Waals surface area contributed by atoms with E-state index in [0.29, 0.717) is 11.7 Å². The third kappa shape index (κ3) is 3.90. The first kappa shape index (κ1) is 17.8. The number of amides is 2. The van der Waals surface area contributed by atoms with Crippen LogP contribution in [0, 0.1) is 12.8 Å². The Morgan fingerprint density at radius 1 is 1.22 bits per heavy atom. The Kier molecular flexibility index (Phi) is 4.97. The van der Waals surface area contributed by atoms with Crippen molar-refractivity contribution < 1.29 is 9.59 Å². The minimum Gasteiger partial charge on any atom is -0.353 e. The van der Waals surface area contributed by atoms with Gasteiger partial charge in [-0.1, -0.05) is 11.3 Å². The van der Waals surface area contributed by atoms with E-state index < -0.39 is 0 Å². The van der Waals surface area contributed by atoms with E-state index >= 15 is 0 Å². The Balaban J connectivity index is 1.29. The highest BCUT2D eigenvalue weighted by molar-refractivity contribution is 7.15. The summed E-state index contributed by atoms with van der Waals surface area (Å²) >= 11 is 1.37. The molecule has 2 aromatic heterocycles. The second-order valence-electron chi connectivity index (χ2n) is 6.83. The molecule has 1 unspecified atom stereocenters. The SMILES string of the molecule is Cc1nnc(N2CC(C(=O)NC3CCN(c4ncccn4)CC3)CC2=O)s1. The van der Waals surface area contributed by atoms with E-state index in [1.807, 2.05) is 6.92 Å². The molecular formula is C17H21N7O2S. The topological polar surface area (TPSA) is 104 Å². The van der Waals surface area contributed by atoms with Gasteiger partial charge in [-0.05, 0) is 25.8 Å². The van der Waals surface area contributed by atoms with Crippen molar-refractivity contribution in [3.63, 3.8) is 0 Å². The molecule has 1 N–H and O–H groups in total. The van der Waals surface area contributed by atoms with Crippen molar-refractivity contribution in [3.8, 4) is 0 Å². The van der Waals surface area contributed by atoms with Gasteiger partial charge in [0.1, 0.15) is 5.01 Å². The summed E-state index contributed by atoms with van der Waals surface area (Å²) in [7, 11) is 0. The van der Waals surface area contributed by atoms with Crippen molar-refractivity contribution >= 4 is 34.2 Å². The molecule has 0 aliphatic carbocycles. The number of anilines is 2. The molecule has 0 bridgehead atoms. The minimum absolute atomic E-state index is 0.0542. The zero-order chi connectivity index (χ0) is 18.8. The number of piperidine rings is 1. The van der Waals surface area contributed by atoms with Crippen molar-refractivity contribution in [2.45, 2.75) is 32.2 Å². The molecule has 0 saturated carbocycles. The lowest BCUT2D eigenvalue weighted by molar-refractivity contribution is -0.127. The molecule has 0 aromatic carbocycles. The first-order valence-electron chi connectivity index (χ1n) is 9.03. The van der Waals surface area contributed by atoms with E-state index in [9.17, 15) is 9.59 Å². The molecule has 142 valence electrons. The highest BCUT2D eigenvalue weighted by Crippen LogP contribution is 2.28. The van der Waals surface area contributed by atoms with Crippen LogP contribution in [0.4, 0.5) is 11.1 Å². The van der Waals surface area contributed by atoms with E-state index in [1.165, 1.54) is 11.3 Å². The zero-order valence-electron chi connectivity index (χ0n) is 15.0. The number of hydrogen-bond acceptors (Lipinski definition) is 8. The fourth-order valence-electron chi connectivity index (χ4n) is 3.46. The molecule has 9 nitrogen and oxygen atoms in total. The summed E-state index contributed by atoms with van der Waals surface area (Å²) in [4.78, 5) is 37.1. The Bertz CT molecular complexity index is 820. The Morgan fingerprint density at radius 3 is 2.63 bits per heavy atom. The highest BCUT2D eigenvalue weighted by atomic mass is 32.1. The lowest BCUT2D eigenvalue weighted by Crippen LogP contribution is -2.47. The summed E-state index contributed by atoms with van der Waals surface area (Å²) < 4.78 is 0. The summed E-state index contributed by atoms with van der Waals surface area (Å²) in [5, 5.41) is 12.5. The van der Waals surface area contributed by atoms with Gasteiger partial charge in [0.25, 0.3) is 0 Å². The summed E-state index contributed by atoms with van der Waals surface area (Å²) in [6.07, 6.45) is 5.37. The Labute approximate surface area is 160 Å². The standard InChI is InChI=1S/C17H21N7O2S/c1-11-21-22-17(27-11)24-10-12(9-14(24)25)15(26)20-13-3-7-23(8-4-13)16-18-5-2-6-19-16/h2,5-6,12-13H,3-4,7-10H2,1H3,(H,20,26). The van der Waals surface area contributed by atoms with Gasteiger partial charge in [0.05, 0.1) is 5.92 Å². The van der Waals surface area contributed by atoms with E-state index in [0.717, 1.165) is 36.9 Å².